The third-order valence-electron chi connectivity index (χ3n) is 4.72. The topological polar surface area (TPSA) is 82.2 Å². The van der Waals surface area contributed by atoms with E-state index < -0.39 is 0 Å². The molecular formula is C21H18N4O3. The van der Waals surface area contributed by atoms with Gasteiger partial charge in [-0.3, -0.25) is 4.79 Å². The van der Waals surface area contributed by atoms with Crippen LogP contribution in [0.2, 0.25) is 0 Å². The third-order valence-corrected chi connectivity index (χ3v) is 4.72. The summed E-state index contributed by atoms with van der Waals surface area (Å²) >= 11 is 0. The predicted octanol–water partition coefficient (Wildman–Crippen LogP) is 4.15. The normalized spacial score (nSPS) is 13.6. The molecule has 0 atom stereocenters. The van der Waals surface area contributed by atoms with Crippen LogP contribution in [0.1, 0.15) is 35.1 Å². The summed E-state index contributed by atoms with van der Waals surface area (Å²) in [6.45, 7) is 0. The smallest absolute Gasteiger partial charge is 0.280 e. The molecule has 2 heterocycles. The maximum Gasteiger partial charge on any atom is 0.280 e. The van der Waals surface area contributed by atoms with Crippen LogP contribution in [-0.4, -0.2) is 27.8 Å². The summed E-state index contributed by atoms with van der Waals surface area (Å²) in [6, 6.07) is 15.0. The number of anilines is 1. The maximum absolute atomic E-state index is 12.8. The van der Waals surface area contributed by atoms with Crippen molar-refractivity contribution < 1.29 is 13.9 Å². The molecule has 1 aliphatic rings. The van der Waals surface area contributed by atoms with Crippen molar-refractivity contribution >= 4 is 22.7 Å². The Balaban J connectivity index is 1.42. The molecule has 0 spiro atoms. The summed E-state index contributed by atoms with van der Waals surface area (Å²) < 4.78 is 12.7. The lowest BCUT2D eigenvalue weighted by Gasteiger charge is -2.04. The Morgan fingerprint density at radius 2 is 2.04 bits per heavy atom. The van der Waals surface area contributed by atoms with Gasteiger partial charge in [-0.1, -0.05) is 18.2 Å². The number of hydrogen-bond acceptors (Lipinski definition) is 5. The lowest BCUT2D eigenvalue weighted by atomic mass is 10.2. The van der Waals surface area contributed by atoms with Gasteiger partial charge in [0.05, 0.1) is 19.0 Å². The van der Waals surface area contributed by atoms with E-state index >= 15 is 0 Å². The minimum Gasteiger partial charge on any atom is -0.493 e. The molecule has 0 radical (unpaired) electrons. The monoisotopic (exact) mass is 374 g/mol. The van der Waals surface area contributed by atoms with Crippen molar-refractivity contribution in [2.24, 2.45) is 0 Å². The highest BCUT2D eigenvalue weighted by atomic mass is 16.5. The third kappa shape index (κ3) is 3.00. The Bertz CT molecular complexity index is 1160. The minimum atomic E-state index is -0.350. The summed E-state index contributed by atoms with van der Waals surface area (Å²) in [6.07, 6.45) is 3.94. The molecule has 1 fully saturated rings. The number of carbonyl (C=O) groups excluding carboxylic acids is 1. The highest BCUT2D eigenvalue weighted by Crippen LogP contribution is 2.40. The molecule has 0 unspecified atom stereocenters. The molecule has 0 aliphatic heterocycles. The number of fused-ring (bicyclic) bond motifs is 1. The number of benzene rings is 2. The van der Waals surface area contributed by atoms with Gasteiger partial charge in [-0.15, -0.1) is 0 Å². The number of nitrogens with zero attached hydrogens (tertiary/aromatic N) is 3. The van der Waals surface area contributed by atoms with Crippen molar-refractivity contribution in [3.05, 3.63) is 66.3 Å². The SMILES string of the molecule is COc1cn(-c2ccccc2)nc1C(=O)Nc1ccc2oc(C3CC3)nc2c1. The lowest BCUT2D eigenvalue weighted by molar-refractivity contribution is 0.101. The molecule has 7 nitrogen and oxygen atoms in total. The molecule has 7 heteroatoms. The van der Waals surface area contributed by atoms with Crippen LogP contribution in [0.5, 0.6) is 5.75 Å². The van der Waals surface area contributed by atoms with Crippen LogP contribution < -0.4 is 10.1 Å². The number of methoxy groups -OCH3 is 1. The number of nitrogens with one attached hydrogen (secondary N) is 1. The zero-order valence-electron chi connectivity index (χ0n) is 15.3. The van der Waals surface area contributed by atoms with Crippen LogP contribution >= 0.6 is 0 Å². The van der Waals surface area contributed by atoms with Crippen LogP contribution in [0.4, 0.5) is 5.69 Å². The van der Waals surface area contributed by atoms with Crippen molar-refractivity contribution in [2.45, 2.75) is 18.8 Å². The van der Waals surface area contributed by atoms with Gasteiger partial charge in [0.25, 0.3) is 5.91 Å². The van der Waals surface area contributed by atoms with Crippen molar-refractivity contribution in [3.8, 4) is 11.4 Å². The fourth-order valence-electron chi connectivity index (χ4n) is 3.10. The quantitative estimate of drug-likeness (QED) is 0.567. The first kappa shape index (κ1) is 16.6. The number of oxazole rings is 1. The first-order chi connectivity index (χ1) is 13.7. The molecule has 1 saturated carbocycles. The van der Waals surface area contributed by atoms with Crippen molar-refractivity contribution in [1.29, 1.82) is 0 Å². The van der Waals surface area contributed by atoms with Gasteiger partial charge < -0.3 is 14.5 Å². The Kier molecular flexibility index (Phi) is 3.86. The average molecular weight is 374 g/mol. The van der Waals surface area contributed by atoms with E-state index in [-0.39, 0.29) is 11.6 Å². The maximum atomic E-state index is 12.8. The molecule has 5 rings (SSSR count). The summed E-state index contributed by atoms with van der Waals surface area (Å²) in [5, 5.41) is 7.26. The summed E-state index contributed by atoms with van der Waals surface area (Å²) in [7, 11) is 1.52. The van der Waals surface area contributed by atoms with Gasteiger partial charge in [0, 0.05) is 11.6 Å². The van der Waals surface area contributed by atoms with E-state index in [0.717, 1.165) is 35.5 Å². The molecular weight excluding hydrogens is 356 g/mol. The second-order valence-electron chi connectivity index (χ2n) is 6.79. The Morgan fingerprint density at radius 1 is 1.21 bits per heavy atom. The standard InChI is InChI=1S/C21H18N4O3/c1-27-18-12-25(15-5-3-2-4-6-15)24-19(18)20(26)22-14-9-10-17-16(11-14)23-21(28-17)13-7-8-13/h2-6,9-13H,7-8H2,1H3,(H,22,26). The number of carbonyl (C=O) groups is 1. The predicted molar refractivity (Wildman–Crippen MR) is 104 cm³/mol. The van der Waals surface area contributed by atoms with Crippen LogP contribution in [0, 0.1) is 0 Å². The van der Waals surface area contributed by atoms with Gasteiger partial charge in [0.2, 0.25) is 0 Å². The van der Waals surface area contributed by atoms with Crippen LogP contribution in [0.3, 0.4) is 0 Å². The van der Waals surface area contributed by atoms with E-state index in [2.05, 4.69) is 15.4 Å². The number of rotatable bonds is 5. The second-order valence-corrected chi connectivity index (χ2v) is 6.79. The van der Waals surface area contributed by atoms with E-state index in [0.29, 0.717) is 17.4 Å². The fourth-order valence-corrected chi connectivity index (χ4v) is 3.10. The highest BCUT2D eigenvalue weighted by Gasteiger charge is 2.29. The number of amides is 1. The fraction of sp³-hybridized carbons (Fsp3) is 0.190. The van der Waals surface area contributed by atoms with Crippen molar-refractivity contribution in [3.63, 3.8) is 0 Å². The van der Waals surface area contributed by atoms with Crippen LogP contribution in [-0.2, 0) is 0 Å². The summed E-state index contributed by atoms with van der Waals surface area (Å²) in [4.78, 5) is 17.3. The molecule has 2 aromatic carbocycles. The number of para-hydroxylation sites is 1. The van der Waals surface area contributed by atoms with Gasteiger partial charge in [-0.05, 0) is 43.2 Å². The van der Waals surface area contributed by atoms with Gasteiger partial charge in [-0.25, -0.2) is 9.67 Å². The van der Waals surface area contributed by atoms with E-state index in [1.54, 1.807) is 16.9 Å². The summed E-state index contributed by atoms with van der Waals surface area (Å²) in [5.41, 5.74) is 3.15. The molecule has 2 aromatic heterocycles. The zero-order valence-corrected chi connectivity index (χ0v) is 15.3. The first-order valence-corrected chi connectivity index (χ1v) is 9.12. The number of aromatic nitrogens is 3. The largest absolute Gasteiger partial charge is 0.493 e. The Morgan fingerprint density at radius 3 is 2.79 bits per heavy atom. The van der Waals surface area contributed by atoms with Gasteiger partial charge in [-0.2, -0.15) is 5.10 Å². The average Bonchev–Trinajstić information content (AvgIpc) is 3.34. The molecule has 0 saturated heterocycles. The van der Waals surface area contributed by atoms with E-state index in [9.17, 15) is 4.79 Å². The van der Waals surface area contributed by atoms with Gasteiger partial charge in [0.15, 0.2) is 22.9 Å². The van der Waals surface area contributed by atoms with E-state index in [4.69, 9.17) is 9.15 Å². The van der Waals surface area contributed by atoms with Gasteiger partial charge in [0.1, 0.15) is 5.52 Å². The summed E-state index contributed by atoms with van der Waals surface area (Å²) in [5.74, 6) is 1.27. The van der Waals surface area contributed by atoms with Crippen molar-refractivity contribution in [2.75, 3.05) is 12.4 Å². The zero-order chi connectivity index (χ0) is 19.1. The Labute approximate surface area is 160 Å². The molecule has 4 aromatic rings. The molecule has 28 heavy (non-hydrogen) atoms. The highest BCUT2D eigenvalue weighted by molar-refractivity contribution is 6.05. The van der Waals surface area contributed by atoms with E-state index in [1.165, 1.54) is 7.11 Å². The van der Waals surface area contributed by atoms with Crippen molar-refractivity contribution in [1.82, 2.24) is 14.8 Å². The first-order valence-electron chi connectivity index (χ1n) is 9.12. The lowest BCUT2D eigenvalue weighted by Crippen LogP contribution is -2.14. The Hall–Kier alpha value is -3.61. The molecule has 1 aliphatic carbocycles. The van der Waals surface area contributed by atoms with Gasteiger partial charge >= 0.3 is 0 Å². The second kappa shape index (κ2) is 6.53. The van der Waals surface area contributed by atoms with E-state index in [1.807, 2.05) is 42.5 Å². The van der Waals surface area contributed by atoms with Crippen LogP contribution in [0.15, 0.2) is 59.1 Å². The molecule has 140 valence electrons. The minimum absolute atomic E-state index is 0.213. The number of ether oxygens (including phenoxy) is 1. The van der Waals surface area contributed by atoms with Crippen LogP contribution in [0.25, 0.3) is 16.8 Å². The molecule has 0 bridgehead atoms. The molecule has 1 N–H and O–H groups in total. The molecule has 1 amide bonds. The number of hydrogen-bond donors (Lipinski definition) is 1.